The summed E-state index contributed by atoms with van der Waals surface area (Å²) in [5, 5.41) is 4.90. The second-order valence-corrected chi connectivity index (χ2v) is 5.19. The molecule has 0 fully saturated rings. The summed E-state index contributed by atoms with van der Waals surface area (Å²) in [6.07, 6.45) is 4.74. The first-order valence-electron chi connectivity index (χ1n) is 6.09. The summed E-state index contributed by atoms with van der Waals surface area (Å²) in [5.74, 6) is 0. The molecule has 19 heavy (non-hydrogen) atoms. The average molecular weight is 293 g/mol. The highest BCUT2D eigenvalue weighted by Gasteiger charge is 2.04. The van der Waals surface area contributed by atoms with Gasteiger partial charge >= 0.3 is 0 Å². The number of aryl methyl sites for hydroxylation is 2. The van der Waals surface area contributed by atoms with E-state index in [1.807, 2.05) is 35.1 Å². The van der Waals surface area contributed by atoms with Crippen molar-refractivity contribution in [2.75, 3.05) is 0 Å². The van der Waals surface area contributed by atoms with Crippen LogP contribution in [0.1, 0.15) is 6.42 Å². The Morgan fingerprint density at radius 1 is 1.32 bits per heavy atom. The van der Waals surface area contributed by atoms with E-state index in [1.165, 1.54) is 0 Å². The number of aromatic nitrogens is 4. The summed E-state index contributed by atoms with van der Waals surface area (Å²) < 4.78 is 4.76. The maximum Gasteiger partial charge on any atom is 0.178 e. The van der Waals surface area contributed by atoms with Gasteiger partial charge in [0.25, 0.3) is 0 Å². The summed E-state index contributed by atoms with van der Waals surface area (Å²) in [5.41, 5.74) is 2.08. The lowest BCUT2D eigenvalue weighted by Crippen LogP contribution is -2.04. The lowest BCUT2D eigenvalue weighted by Gasteiger charge is -2.05. The Morgan fingerprint density at radius 2 is 2.21 bits per heavy atom. The zero-order valence-corrected chi connectivity index (χ0v) is 11.8. The van der Waals surface area contributed by atoms with Crippen molar-refractivity contribution in [2.45, 2.75) is 19.5 Å². The quantitative estimate of drug-likeness (QED) is 0.746. The third-order valence-electron chi connectivity index (χ3n) is 3.06. The Hall–Kier alpha value is -1.59. The lowest BCUT2D eigenvalue weighted by atomic mass is 10.3. The van der Waals surface area contributed by atoms with E-state index in [-0.39, 0.29) is 0 Å². The van der Waals surface area contributed by atoms with Crippen LogP contribution in [0.15, 0.2) is 36.7 Å². The van der Waals surface area contributed by atoms with E-state index in [4.69, 9.17) is 23.8 Å². The Kier molecular flexibility index (Phi) is 3.40. The fraction of sp³-hybridized carbons (Fsp3) is 0.231. The number of rotatable bonds is 4. The summed E-state index contributed by atoms with van der Waals surface area (Å²) in [4.78, 5) is 3.18. The molecule has 1 aromatic carbocycles. The topological polar surface area (TPSA) is 38.5 Å². The third kappa shape index (κ3) is 2.57. The Bertz CT molecular complexity index is 742. The third-order valence-corrected chi connectivity index (χ3v) is 3.62. The molecule has 0 radical (unpaired) electrons. The van der Waals surface area contributed by atoms with E-state index in [9.17, 15) is 0 Å². The number of nitrogens with one attached hydrogen (secondary N) is 1. The molecule has 3 rings (SSSR count). The van der Waals surface area contributed by atoms with Crippen LogP contribution in [0.4, 0.5) is 0 Å². The summed E-state index contributed by atoms with van der Waals surface area (Å²) in [6, 6.07) is 7.71. The van der Waals surface area contributed by atoms with Crippen LogP contribution in [0.3, 0.4) is 0 Å². The lowest BCUT2D eigenvalue weighted by molar-refractivity contribution is 0.530. The Balaban J connectivity index is 1.80. The number of hydrogen-bond donors (Lipinski definition) is 1. The number of nitrogens with zero attached hydrogens (tertiary/aromatic N) is 3. The minimum Gasteiger partial charge on any atom is -0.331 e. The molecule has 98 valence electrons. The highest BCUT2D eigenvalue weighted by atomic mass is 35.5. The van der Waals surface area contributed by atoms with Crippen molar-refractivity contribution in [2.24, 2.45) is 0 Å². The fourth-order valence-corrected chi connectivity index (χ4v) is 2.65. The van der Waals surface area contributed by atoms with Gasteiger partial charge in [-0.2, -0.15) is 5.10 Å². The molecule has 6 heteroatoms. The van der Waals surface area contributed by atoms with Crippen molar-refractivity contribution in [1.82, 2.24) is 19.3 Å². The van der Waals surface area contributed by atoms with Gasteiger partial charge in [-0.25, -0.2) is 0 Å². The summed E-state index contributed by atoms with van der Waals surface area (Å²) in [6.45, 7) is 1.75. The fourth-order valence-electron chi connectivity index (χ4n) is 2.18. The number of imidazole rings is 1. The normalized spacial score (nSPS) is 11.2. The molecule has 0 saturated carbocycles. The first-order valence-corrected chi connectivity index (χ1v) is 6.88. The number of benzene rings is 1. The number of fused-ring (bicyclic) bond motifs is 1. The van der Waals surface area contributed by atoms with E-state index in [2.05, 4.69) is 14.6 Å². The smallest absolute Gasteiger partial charge is 0.178 e. The monoisotopic (exact) mass is 292 g/mol. The molecule has 0 amide bonds. The van der Waals surface area contributed by atoms with E-state index >= 15 is 0 Å². The van der Waals surface area contributed by atoms with Gasteiger partial charge in [0.05, 0.1) is 11.0 Å². The van der Waals surface area contributed by atoms with E-state index < -0.39 is 0 Å². The first kappa shape index (κ1) is 12.4. The van der Waals surface area contributed by atoms with Crippen molar-refractivity contribution in [3.63, 3.8) is 0 Å². The second-order valence-electron chi connectivity index (χ2n) is 4.37. The van der Waals surface area contributed by atoms with Crippen LogP contribution in [0.5, 0.6) is 0 Å². The second kappa shape index (κ2) is 5.19. The zero-order chi connectivity index (χ0) is 13.2. The predicted molar refractivity (Wildman–Crippen MR) is 79.0 cm³/mol. The van der Waals surface area contributed by atoms with Gasteiger partial charge < -0.3 is 9.55 Å². The Labute approximate surface area is 120 Å². The molecular formula is C13H13ClN4S. The maximum absolute atomic E-state index is 5.98. The van der Waals surface area contributed by atoms with Crippen LogP contribution in [0.25, 0.3) is 11.0 Å². The number of aromatic amines is 1. The van der Waals surface area contributed by atoms with E-state index in [0.29, 0.717) is 5.02 Å². The molecule has 0 spiro atoms. The van der Waals surface area contributed by atoms with Crippen LogP contribution in [0, 0.1) is 4.77 Å². The SMILES string of the molecule is S=c1[nH]c2cc(Cl)ccc2n1CCCn1cccn1. The average Bonchev–Trinajstić information content (AvgIpc) is 2.98. The molecule has 2 aromatic heterocycles. The molecule has 0 atom stereocenters. The summed E-state index contributed by atoms with van der Waals surface area (Å²) >= 11 is 11.3. The highest BCUT2D eigenvalue weighted by molar-refractivity contribution is 7.71. The maximum atomic E-state index is 5.98. The van der Waals surface area contributed by atoms with E-state index in [0.717, 1.165) is 35.3 Å². The van der Waals surface area contributed by atoms with E-state index in [1.54, 1.807) is 6.20 Å². The van der Waals surface area contributed by atoms with Gasteiger partial charge in [-0.1, -0.05) is 11.6 Å². The largest absolute Gasteiger partial charge is 0.331 e. The molecule has 0 bridgehead atoms. The highest BCUT2D eigenvalue weighted by Crippen LogP contribution is 2.19. The van der Waals surface area contributed by atoms with Crippen molar-refractivity contribution >= 4 is 34.9 Å². The van der Waals surface area contributed by atoms with Crippen LogP contribution in [-0.4, -0.2) is 19.3 Å². The number of hydrogen-bond acceptors (Lipinski definition) is 2. The molecule has 0 saturated heterocycles. The first-order chi connectivity index (χ1) is 9.24. The van der Waals surface area contributed by atoms with Crippen LogP contribution < -0.4 is 0 Å². The number of H-pyrrole nitrogens is 1. The predicted octanol–water partition coefficient (Wildman–Crippen LogP) is 3.64. The number of halogens is 1. The minimum atomic E-state index is 0.715. The van der Waals surface area contributed by atoms with Crippen molar-refractivity contribution in [3.05, 3.63) is 46.5 Å². The molecular weight excluding hydrogens is 280 g/mol. The molecule has 1 N–H and O–H groups in total. The molecule has 0 aliphatic rings. The molecule has 0 unspecified atom stereocenters. The van der Waals surface area contributed by atoms with Gasteiger partial charge in [0.1, 0.15) is 0 Å². The van der Waals surface area contributed by atoms with Crippen LogP contribution in [-0.2, 0) is 13.1 Å². The van der Waals surface area contributed by atoms with Crippen molar-refractivity contribution in [3.8, 4) is 0 Å². The van der Waals surface area contributed by atoms with Gasteiger partial charge in [-0.15, -0.1) is 0 Å². The van der Waals surface area contributed by atoms with Gasteiger partial charge in [0.15, 0.2) is 4.77 Å². The minimum absolute atomic E-state index is 0.715. The standard InChI is InChI=1S/C13H13ClN4S/c14-10-3-4-12-11(9-10)16-13(19)18(12)8-2-7-17-6-1-5-15-17/h1,3-6,9H,2,7-8H2,(H,16,19). The van der Waals surface area contributed by atoms with Gasteiger partial charge in [0.2, 0.25) is 0 Å². The van der Waals surface area contributed by atoms with Gasteiger partial charge in [0, 0.05) is 30.5 Å². The van der Waals surface area contributed by atoms with Crippen molar-refractivity contribution in [1.29, 1.82) is 0 Å². The molecule has 4 nitrogen and oxygen atoms in total. The zero-order valence-electron chi connectivity index (χ0n) is 10.2. The molecule has 0 aliphatic heterocycles. The van der Waals surface area contributed by atoms with Gasteiger partial charge in [-0.3, -0.25) is 4.68 Å². The summed E-state index contributed by atoms with van der Waals surface area (Å²) in [7, 11) is 0. The van der Waals surface area contributed by atoms with Crippen LogP contribution >= 0.6 is 23.8 Å². The molecule has 3 aromatic rings. The van der Waals surface area contributed by atoms with Crippen LogP contribution in [0.2, 0.25) is 5.02 Å². The Morgan fingerprint density at radius 3 is 3.00 bits per heavy atom. The molecule has 2 heterocycles. The van der Waals surface area contributed by atoms with Crippen molar-refractivity contribution < 1.29 is 0 Å². The van der Waals surface area contributed by atoms with Gasteiger partial charge in [-0.05, 0) is 42.9 Å². The molecule has 0 aliphatic carbocycles.